The van der Waals surface area contributed by atoms with E-state index < -0.39 is 6.03 Å². The third kappa shape index (κ3) is 5.41. The van der Waals surface area contributed by atoms with Gasteiger partial charge in [-0.05, 0) is 39.0 Å². The highest BCUT2D eigenvalue weighted by molar-refractivity contribution is 5.95. The summed E-state index contributed by atoms with van der Waals surface area (Å²) in [4.78, 5) is 42.4. The molecule has 4 amide bonds. The first-order valence-electron chi connectivity index (χ1n) is 9.88. The van der Waals surface area contributed by atoms with Crippen molar-refractivity contribution in [3.8, 4) is 0 Å². The van der Waals surface area contributed by atoms with Crippen LogP contribution in [-0.4, -0.2) is 90.4 Å². The van der Waals surface area contributed by atoms with Gasteiger partial charge in [0.05, 0.1) is 12.6 Å². The topological polar surface area (TPSA) is 85.0 Å². The van der Waals surface area contributed by atoms with Gasteiger partial charge in [-0.3, -0.25) is 24.7 Å². The van der Waals surface area contributed by atoms with Gasteiger partial charge in [-0.15, -0.1) is 0 Å². The van der Waals surface area contributed by atoms with E-state index in [0.717, 1.165) is 65.0 Å². The summed E-state index contributed by atoms with van der Waals surface area (Å²) in [6.45, 7) is 6.97. The summed E-state index contributed by atoms with van der Waals surface area (Å²) in [6, 6.07) is -0.254. The maximum Gasteiger partial charge on any atom is 0.321 e. The summed E-state index contributed by atoms with van der Waals surface area (Å²) in [5.74, 6) is -0.0401. The highest BCUT2D eigenvalue weighted by Crippen LogP contribution is 2.18. The number of rotatable bonds is 5. The normalized spacial score (nSPS) is 23.3. The summed E-state index contributed by atoms with van der Waals surface area (Å²) in [6.07, 6.45) is 5.43. The number of piperazine rings is 1. The van der Waals surface area contributed by atoms with Crippen LogP contribution in [0.1, 0.15) is 39.0 Å². The van der Waals surface area contributed by atoms with Crippen molar-refractivity contribution in [3.63, 3.8) is 0 Å². The molecule has 0 aromatic heterocycles. The number of carbonyl (C=O) groups is 3. The standard InChI is InChI=1S/C18H31N5O3/c1-14(17(25)23-7-3-2-4-8-23)22-11-9-21(10-12-22)13-16(24)20-18(26)19-15-5-6-15/h14-15H,2-13H2,1H3,(H2,19,20,24,26)/t14-/m1/s1. The molecule has 0 aromatic rings. The maximum atomic E-state index is 12.6. The molecule has 1 aliphatic carbocycles. The van der Waals surface area contributed by atoms with Crippen LogP contribution in [0.2, 0.25) is 0 Å². The van der Waals surface area contributed by atoms with Crippen LogP contribution in [0.15, 0.2) is 0 Å². The number of amides is 4. The maximum absolute atomic E-state index is 12.6. The molecule has 2 heterocycles. The molecule has 0 unspecified atom stereocenters. The molecule has 8 heteroatoms. The number of hydrogen-bond donors (Lipinski definition) is 2. The van der Waals surface area contributed by atoms with Crippen molar-refractivity contribution in [1.29, 1.82) is 0 Å². The zero-order chi connectivity index (χ0) is 18.5. The SMILES string of the molecule is C[C@H](C(=O)N1CCCCC1)N1CCN(CC(=O)NC(=O)NC2CC2)CC1. The van der Waals surface area contributed by atoms with Gasteiger partial charge in [0.25, 0.3) is 0 Å². The van der Waals surface area contributed by atoms with Crippen molar-refractivity contribution >= 4 is 17.8 Å². The van der Waals surface area contributed by atoms with E-state index in [9.17, 15) is 14.4 Å². The van der Waals surface area contributed by atoms with Crippen molar-refractivity contribution in [2.45, 2.75) is 51.1 Å². The zero-order valence-electron chi connectivity index (χ0n) is 15.7. The average Bonchev–Trinajstić information content (AvgIpc) is 3.45. The largest absolute Gasteiger partial charge is 0.341 e. The number of likely N-dealkylation sites (tertiary alicyclic amines) is 1. The van der Waals surface area contributed by atoms with Gasteiger partial charge in [0.2, 0.25) is 11.8 Å². The van der Waals surface area contributed by atoms with Crippen LogP contribution < -0.4 is 10.6 Å². The first kappa shape index (κ1) is 19.1. The Morgan fingerprint density at radius 2 is 1.62 bits per heavy atom. The minimum Gasteiger partial charge on any atom is -0.341 e. The van der Waals surface area contributed by atoms with Gasteiger partial charge in [-0.25, -0.2) is 4.79 Å². The Labute approximate surface area is 155 Å². The van der Waals surface area contributed by atoms with Gasteiger partial charge in [0.1, 0.15) is 0 Å². The first-order chi connectivity index (χ1) is 12.5. The first-order valence-corrected chi connectivity index (χ1v) is 9.88. The lowest BCUT2D eigenvalue weighted by Crippen LogP contribution is -2.56. The quantitative estimate of drug-likeness (QED) is 0.716. The van der Waals surface area contributed by atoms with Gasteiger partial charge in [0, 0.05) is 45.3 Å². The molecule has 3 fully saturated rings. The summed E-state index contributed by atoms with van der Waals surface area (Å²) < 4.78 is 0. The van der Waals surface area contributed by atoms with Crippen LogP contribution >= 0.6 is 0 Å². The van der Waals surface area contributed by atoms with Crippen molar-refractivity contribution in [2.24, 2.45) is 0 Å². The molecule has 2 aliphatic heterocycles. The lowest BCUT2D eigenvalue weighted by Gasteiger charge is -2.39. The number of carbonyl (C=O) groups excluding carboxylic acids is 3. The Hall–Kier alpha value is -1.67. The van der Waals surface area contributed by atoms with E-state index in [0.29, 0.717) is 0 Å². The second-order valence-corrected chi connectivity index (χ2v) is 7.67. The molecule has 26 heavy (non-hydrogen) atoms. The van der Waals surface area contributed by atoms with Gasteiger partial charge < -0.3 is 10.2 Å². The van der Waals surface area contributed by atoms with E-state index in [1.54, 1.807) is 0 Å². The Balaban J connectivity index is 1.36. The van der Waals surface area contributed by atoms with Gasteiger partial charge in [-0.1, -0.05) is 0 Å². The van der Waals surface area contributed by atoms with Crippen LogP contribution in [0.5, 0.6) is 0 Å². The summed E-state index contributed by atoms with van der Waals surface area (Å²) in [7, 11) is 0. The van der Waals surface area contributed by atoms with E-state index in [4.69, 9.17) is 0 Å². The smallest absolute Gasteiger partial charge is 0.321 e. The number of hydrogen-bond acceptors (Lipinski definition) is 5. The molecular formula is C18H31N5O3. The minimum absolute atomic E-state index is 0.103. The number of nitrogens with one attached hydrogen (secondary N) is 2. The summed E-state index contributed by atoms with van der Waals surface area (Å²) in [5, 5.41) is 5.14. The van der Waals surface area contributed by atoms with Gasteiger partial charge >= 0.3 is 6.03 Å². The fraction of sp³-hybridized carbons (Fsp3) is 0.833. The van der Waals surface area contributed by atoms with Crippen molar-refractivity contribution in [2.75, 3.05) is 45.8 Å². The second kappa shape index (κ2) is 8.81. The Morgan fingerprint density at radius 1 is 0.962 bits per heavy atom. The summed E-state index contributed by atoms with van der Waals surface area (Å²) >= 11 is 0. The second-order valence-electron chi connectivity index (χ2n) is 7.67. The van der Waals surface area contributed by atoms with Crippen LogP contribution in [0, 0.1) is 0 Å². The molecule has 2 N–H and O–H groups in total. The van der Waals surface area contributed by atoms with E-state index >= 15 is 0 Å². The Kier molecular flexibility index (Phi) is 6.48. The molecule has 146 valence electrons. The molecule has 8 nitrogen and oxygen atoms in total. The molecule has 0 aromatic carbocycles. The third-order valence-electron chi connectivity index (χ3n) is 5.51. The van der Waals surface area contributed by atoms with E-state index in [1.807, 2.05) is 16.7 Å². The van der Waals surface area contributed by atoms with Crippen molar-refractivity contribution in [1.82, 2.24) is 25.3 Å². The highest BCUT2D eigenvalue weighted by Gasteiger charge is 2.30. The number of nitrogens with zero attached hydrogens (tertiary/aromatic N) is 3. The van der Waals surface area contributed by atoms with Gasteiger partial charge in [-0.2, -0.15) is 0 Å². The van der Waals surface area contributed by atoms with Crippen molar-refractivity contribution < 1.29 is 14.4 Å². The molecular weight excluding hydrogens is 334 g/mol. The van der Waals surface area contributed by atoms with E-state index in [1.165, 1.54) is 6.42 Å². The van der Waals surface area contributed by atoms with Crippen LogP contribution in [0.4, 0.5) is 4.79 Å². The van der Waals surface area contributed by atoms with Crippen LogP contribution in [0.3, 0.4) is 0 Å². The Bertz CT molecular complexity index is 523. The third-order valence-corrected chi connectivity index (χ3v) is 5.51. The molecule has 0 radical (unpaired) electrons. The fourth-order valence-corrected chi connectivity index (χ4v) is 3.66. The minimum atomic E-state index is -0.392. The molecule has 2 saturated heterocycles. The summed E-state index contributed by atoms with van der Waals surface area (Å²) in [5.41, 5.74) is 0. The lowest BCUT2D eigenvalue weighted by atomic mass is 10.1. The molecule has 3 aliphatic rings. The molecule has 1 saturated carbocycles. The molecule has 0 spiro atoms. The van der Waals surface area contributed by atoms with E-state index in [-0.39, 0.29) is 30.4 Å². The lowest BCUT2D eigenvalue weighted by molar-refractivity contribution is -0.138. The predicted molar refractivity (Wildman–Crippen MR) is 97.6 cm³/mol. The van der Waals surface area contributed by atoms with Crippen LogP contribution in [-0.2, 0) is 9.59 Å². The Morgan fingerprint density at radius 3 is 2.23 bits per heavy atom. The molecule has 1 atom stereocenters. The monoisotopic (exact) mass is 365 g/mol. The fourth-order valence-electron chi connectivity index (χ4n) is 3.66. The zero-order valence-corrected chi connectivity index (χ0v) is 15.7. The predicted octanol–water partition coefficient (Wildman–Crippen LogP) is -0.00680. The van der Waals surface area contributed by atoms with Crippen molar-refractivity contribution in [3.05, 3.63) is 0 Å². The number of imide groups is 1. The number of piperidine rings is 1. The van der Waals surface area contributed by atoms with Gasteiger partial charge in [0.15, 0.2) is 0 Å². The number of urea groups is 1. The average molecular weight is 365 g/mol. The molecule has 0 bridgehead atoms. The molecule has 3 rings (SSSR count). The van der Waals surface area contributed by atoms with Crippen LogP contribution in [0.25, 0.3) is 0 Å². The van der Waals surface area contributed by atoms with E-state index in [2.05, 4.69) is 15.5 Å². The highest BCUT2D eigenvalue weighted by atomic mass is 16.2.